The highest BCUT2D eigenvalue weighted by atomic mass is 19.1. The van der Waals surface area contributed by atoms with E-state index in [1.807, 2.05) is 18.9 Å². The van der Waals surface area contributed by atoms with Gasteiger partial charge in [-0.2, -0.15) is 0 Å². The van der Waals surface area contributed by atoms with E-state index in [0.717, 1.165) is 17.9 Å². The molecule has 4 aliphatic rings. The second-order valence-electron chi connectivity index (χ2n) is 10.7. The van der Waals surface area contributed by atoms with Crippen molar-refractivity contribution in [1.82, 2.24) is 10.6 Å². The molecule has 186 valence electrons. The zero-order chi connectivity index (χ0) is 24.5. The first-order chi connectivity index (χ1) is 16.2. The molecule has 4 fully saturated rings. The van der Waals surface area contributed by atoms with Gasteiger partial charge in [0.15, 0.2) is 0 Å². The third kappa shape index (κ3) is 4.97. The molecule has 34 heavy (non-hydrogen) atoms. The number of benzene rings is 1. The molecule has 6 nitrogen and oxygen atoms in total. The summed E-state index contributed by atoms with van der Waals surface area (Å²) in [5.41, 5.74) is 0.834. The number of imide groups is 1. The van der Waals surface area contributed by atoms with Crippen LogP contribution in [-0.2, 0) is 14.3 Å². The van der Waals surface area contributed by atoms with E-state index in [2.05, 4.69) is 17.2 Å². The number of nitrogens with zero attached hydrogens (tertiary/aromatic N) is 1. The summed E-state index contributed by atoms with van der Waals surface area (Å²) in [5.74, 6) is -2.65. The zero-order valence-corrected chi connectivity index (χ0v) is 20.1. The Labute approximate surface area is 200 Å². The van der Waals surface area contributed by atoms with Crippen LogP contribution in [0, 0.1) is 23.0 Å². The van der Waals surface area contributed by atoms with E-state index in [1.54, 1.807) is 6.20 Å². The van der Waals surface area contributed by atoms with Crippen LogP contribution in [0.4, 0.5) is 14.5 Å². The molecule has 2 heterocycles. The predicted octanol–water partition coefficient (Wildman–Crippen LogP) is 4.01. The molecular weight excluding hydrogens is 440 g/mol. The normalized spacial score (nSPS) is 24.7. The highest BCUT2D eigenvalue weighted by Crippen LogP contribution is 2.58. The van der Waals surface area contributed by atoms with Crippen LogP contribution < -0.4 is 15.5 Å². The molecule has 8 heteroatoms. The second kappa shape index (κ2) is 9.64. The summed E-state index contributed by atoms with van der Waals surface area (Å²) in [5, 5.41) is 5.24. The minimum absolute atomic E-state index is 0.0781. The summed E-state index contributed by atoms with van der Waals surface area (Å²) in [4.78, 5) is 24.9. The van der Waals surface area contributed by atoms with Gasteiger partial charge in [-0.15, -0.1) is 0 Å². The van der Waals surface area contributed by atoms with Gasteiger partial charge in [0.25, 0.3) is 0 Å². The Morgan fingerprint density at radius 3 is 2.38 bits per heavy atom. The first kappa shape index (κ1) is 24.6. The molecular formula is C26H35F2N3O3. The smallest absolute Gasteiger partial charge is 0.234 e. The Balaban J connectivity index is 0.000000226. The maximum atomic E-state index is 14.5. The van der Waals surface area contributed by atoms with E-state index in [-0.39, 0.29) is 23.9 Å². The second-order valence-corrected chi connectivity index (χ2v) is 10.7. The number of rotatable bonds is 6. The number of methoxy groups -OCH3 is 1. The lowest BCUT2D eigenvalue weighted by atomic mass is 9.52. The van der Waals surface area contributed by atoms with Crippen LogP contribution in [0.15, 0.2) is 24.9 Å². The van der Waals surface area contributed by atoms with Gasteiger partial charge in [-0.1, -0.05) is 13.0 Å². The minimum Gasteiger partial charge on any atom is -0.384 e. The number of amides is 2. The predicted molar refractivity (Wildman–Crippen MR) is 126 cm³/mol. The molecule has 1 atom stereocenters. The first-order valence-electron chi connectivity index (χ1n) is 12.1. The fraction of sp³-hybridized carbons (Fsp3) is 0.615. The largest absolute Gasteiger partial charge is 0.384 e. The maximum absolute atomic E-state index is 14.5. The van der Waals surface area contributed by atoms with Gasteiger partial charge in [0.2, 0.25) is 11.8 Å². The molecule has 0 radical (unpaired) electrons. The molecule has 1 spiro atoms. The van der Waals surface area contributed by atoms with E-state index in [0.29, 0.717) is 18.8 Å². The van der Waals surface area contributed by atoms with Gasteiger partial charge < -0.3 is 15.0 Å². The van der Waals surface area contributed by atoms with Crippen LogP contribution >= 0.6 is 0 Å². The number of anilines is 1. The van der Waals surface area contributed by atoms with Crippen molar-refractivity contribution in [3.63, 3.8) is 0 Å². The number of hydrogen-bond acceptors (Lipinski definition) is 5. The van der Waals surface area contributed by atoms with E-state index in [1.165, 1.54) is 44.2 Å². The Morgan fingerprint density at radius 2 is 1.88 bits per heavy atom. The average molecular weight is 476 g/mol. The lowest BCUT2D eigenvalue weighted by molar-refractivity contribution is -0.134. The zero-order valence-electron chi connectivity index (χ0n) is 20.1. The quantitative estimate of drug-likeness (QED) is 0.609. The number of carbonyl (C=O) groups is 2. The van der Waals surface area contributed by atoms with Crippen molar-refractivity contribution >= 4 is 17.5 Å². The number of carbonyl (C=O) groups excluding carboxylic acids is 2. The van der Waals surface area contributed by atoms with Gasteiger partial charge in [0, 0.05) is 44.5 Å². The van der Waals surface area contributed by atoms with Gasteiger partial charge in [-0.25, -0.2) is 8.78 Å². The van der Waals surface area contributed by atoms with Gasteiger partial charge in [0.1, 0.15) is 11.6 Å². The number of nitrogens with one attached hydrogen (secondary N) is 2. The van der Waals surface area contributed by atoms with Crippen molar-refractivity contribution in [1.29, 1.82) is 0 Å². The Bertz CT molecular complexity index is 926. The van der Waals surface area contributed by atoms with E-state index < -0.39 is 29.4 Å². The third-order valence-corrected chi connectivity index (χ3v) is 7.81. The molecule has 1 aromatic carbocycles. The van der Waals surface area contributed by atoms with E-state index in [4.69, 9.17) is 4.74 Å². The average Bonchev–Trinajstić information content (AvgIpc) is 2.68. The van der Waals surface area contributed by atoms with Gasteiger partial charge >= 0.3 is 0 Å². The summed E-state index contributed by atoms with van der Waals surface area (Å²) < 4.78 is 34.0. The molecule has 0 aromatic heterocycles. The number of hydrogen-bond donors (Lipinski definition) is 2. The van der Waals surface area contributed by atoms with Crippen molar-refractivity contribution in [2.45, 2.75) is 63.3 Å². The van der Waals surface area contributed by atoms with Crippen LogP contribution in [-0.4, -0.2) is 44.2 Å². The molecule has 2 amide bonds. The molecule has 2 aliphatic carbocycles. The highest BCUT2D eigenvalue weighted by Gasteiger charge is 2.47. The lowest BCUT2D eigenvalue weighted by Gasteiger charge is -2.54. The number of ether oxygens (including phenoxy) is 1. The van der Waals surface area contributed by atoms with Crippen LogP contribution in [0.1, 0.15) is 63.4 Å². The molecule has 2 saturated heterocycles. The van der Waals surface area contributed by atoms with Crippen molar-refractivity contribution in [2.24, 2.45) is 11.3 Å². The van der Waals surface area contributed by atoms with E-state index >= 15 is 0 Å². The maximum Gasteiger partial charge on any atom is 0.234 e. The van der Waals surface area contributed by atoms with Crippen molar-refractivity contribution in [3.05, 3.63) is 42.1 Å². The fourth-order valence-electron chi connectivity index (χ4n) is 5.98. The van der Waals surface area contributed by atoms with Gasteiger partial charge in [-0.3, -0.25) is 14.9 Å². The molecule has 0 bridgehead atoms. The highest BCUT2D eigenvalue weighted by molar-refractivity contribution is 6.01. The van der Waals surface area contributed by atoms with Crippen LogP contribution in [0.25, 0.3) is 0 Å². The molecule has 1 aromatic rings. The minimum atomic E-state index is -0.971. The van der Waals surface area contributed by atoms with Crippen molar-refractivity contribution in [3.8, 4) is 0 Å². The monoisotopic (exact) mass is 475 g/mol. The van der Waals surface area contributed by atoms with Crippen LogP contribution in [0.5, 0.6) is 0 Å². The summed E-state index contributed by atoms with van der Waals surface area (Å²) in [6.07, 6.45) is 9.21. The molecule has 5 rings (SSSR count). The topological polar surface area (TPSA) is 70.7 Å². The molecule has 2 saturated carbocycles. The lowest BCUT2D eigenvalue weighted by Crippen LogP contribution is -2.66. The van der Waals surface area contributed by atoms with Crippen LogP contribution in [0.2, 0.25) is 0 Å². The SMILES string of the molecule is C=CNC1(C)CN(c2cc(F)c(C3CCC(=O)NC3=O)c(F)c2)C1.COCC1CC2(CCC2)C1. The molecule has 1 unspecified atom stereocenters. The van der Waals surface area contributed by atoms with Gasteiger partial charge in [-0.05, 0) is 68.7 Å². The molecule has 2 N–H and O–H groups in total. The Kier molecular flexibility index (Phi) is 6.99. The Hall–Kier alpha value is -2.48. The first-order valence-corrected chi connectivity index (χ1v) is 12.1. The van der Waals surface area contributed by atoms with Crippen molar-refractivity contribution < 1.29 is 23.1 Å². The van der Waals surface area contributed by atoms with E-state index in [9.17, 15) is 18.4 Å². The molecule has 2 aliphatic heterocycles. The Morgan fingerprint density at radius 1 is 1.24 bits per heavy atom. The standard InChI is InChI=1S/C17H19F2N3O2.C9H16O/c1-3-20-17(2)8-22(9-17)10-6-12(18)15(13(19)7-10)11-4-5-14(23)21-16(11)24;1-10-7-8-5-9(6-8)3-2-4-9/h3,6-7,11,20H,1,4-5,8-9H2,2H3,(H,21,23,24);8H,2-7H2,1H3. The summed E-state index contributed by atoms with van der Waals surface area (Å²) in [6.45, 7) is 7.80. The van der Waals surface area contributed by atoms with Crippen molar-refractivity contribution in [2.75, 3.05) is 31.7 Å². The fourth-order valence-corrected chi connectivity index (χ4v) is 5.98. The van der Waals surface area contributed by atoms with Crippen LogP contribution in [0.3, 0.4) is 0 Å². The number of halogens is 2. The summed E-state index contributed by atoms with van der Waals surface area (Å²) in [7, 11) is 1.81. The number of piperidine rings is 1. The summed E-state index contributed by atoms with van der Waals surface area (Å²) >= 11 is 0. The van der Waals surface area contributed by atoms with Gasteiger partial charge in [0.05, 0.1) is 11.5 Å². The third-order valence-electron chi connectivity index (χ3n) is 7.81. The summed E-state index contributed by atoms with van der Waals surface area (Å²) in [6, 6.07) is 2.49.